The minimum atomic E-state index is 0.831. The maximum Gasteiger partial charge on any atom is 0.0552 e. The van der Waals surface area contributed by atoms with Gasteiger partial charge in [0.15, 0.2) is 0 Å². The van der Waals surface area contributed by atoms with Crippen LogP contribution in [0, 0.1) is 5.92 Å². The molecule has 74 valence electrons. The van der Waals surface area contributed by atoms with Crippen molar-refractivity contribution < 1.29 is 4.74 Å². The van der Waals surface area contributed by atoms with Crippen LogP contribution in [-0.4, -0.2) is 31.0 Å². The molecule has 3 heteroatoms. The molecular formula is C9H20OS2. The standard InChI is InChI=1S/C9H20OS2/c1-9(3-6-11)4-7-12-8-5-10-2/h9,11H,3-8H2,1-2H3. The van der Waals surface area contributed by atoms with Crippen molar-refractivity contribution in [2.75, 3.05) is 31.0 Å². The van der Waals surface area contributed by atoms with Gasteiger partial charge in [-0.3, -0.25) is 0 Å². The Morgan fingerprint density at radius 1 is 1.33 bits per heavy atom. The molecule has 0 saturated heterocycles. The highest BCUT2D eigenvalue weighted by Gasteiger charge is 1.99. The van der Waals surface area contributed by atoms with Crippen LogP contribution in [0.15, 0.2) is 0 Å². The number of methoxy groups -OCH3 is 1. The SMILES string of the molecule is COCCSCCC(C)CCS. The quantitative estimate of drug-likeness (QED) is 0.485. The second-order valence-corrected chi connectivity index (χ2v) is 4.68. The highest BCUT2D eigenvalue weighted by atomic mass is 32.2. The van der Waals surface area contributed by atoms with Crippen molar-refractivity contribution in [2.45, 2.75) is 19.8 Å². The Kier molecular flexibility index (Phi) is 10.3. The highest BCUT2D eigenvalue weighted by molar-refractivity contribution is 7.99. The summed E-state index contributed by atoms with van der Waals surface area (Å²) < 4.78 is 4.96. The van der Waals surface area contributed by atoms with E-state index in [1.807, 2.05) is 11.8 Å². The van der Waals surface area contributed by atoms with Crippen LogP contribution in [0.2, 0.25) is 0 Å². The third kappa shape index (κ3) is 8.75. The molecule has 0 heterocycles. The Morgan fingerprint density at radius 2 is 2.08 bits per heavy atom. The summed E-state index contributed by atoms with van der Waals surface area (Å²) >= 11 is 6.19. The van der Waals surface area contributed by atoms with Gasteiger partial charge in [-0.05, 0) is 30.3 Å². The van der Waals surface area contributed by atoms with Crippen LogP contribution in [0.25, 0.3) is 0 Å². The Balaban J connectivity index is 2.97. The zero-order chi connectivity index (χ0) is 9.23. The lowest BCUT2D eigenvalue weighted by molar-refractivity contribution is 0.218. The summed E-state index contributed by atoms with van der Waals surface area (Å²) in [5.41, 5.74) is 0. The molecule has 1 atom stereocenters. The zero-order valence-electron chi connectivity index (χ0n) is 8.08. The molecule has 0 aliphatic heterocycles. The van der Waals surface area contributed by atoms with Gasteiger partial charge >= 0.3 is 0 Å². The van der Waals surface area contributed by atoms with Crippen LogP contribution in [0.4, 0.5) is 0 Å². The van der Waals surface area contributed by atoms with Crippen LogP contribution in [0.3, 0.4) is 0 Å². The summed E-state index contributed by atoms with van der Waals surface area (Å²) in [4.78, 5) is 0. The van der Waals surface area contributed by atoms with Crippen molar-refractivity contribution >= 4 is 24.4 Å². The Bertz CT molecular complexity index is 88.6. The normalized spacial score (nSPS) is 13.2. The van der Waals surface area contributed by atoms with E-state index in [2.05, 4.69) is 19.6 Å². The minimum absolute atomic E-state index is 0.831. The third-order valence-corrected chi connectivity index (χ3v) is 3.05. The predicted molar refractivity (Wildman–Crippen MR) is 61.5 cm³/mol. The van der Waals surface area contributed by atoms with Crippen molar-refractivity contribution in [3.05, 3.63) is 0 Å². The van der Waals surface area contributed by atoms with Gasteiger partial charge in [-0.2, -0.15) is 24.4 Å². The van der Waals surface area contributed by atoms with Crippen molar-refractivity contribution in [1.82, 2.24) is 0 Å². The lowest BCUT2D eigenvalue weighted by Crippen LogP contribution is -1.99. The fourth-order valence-corrected chi connectivity index (χ4v) is 2.39. The number of rotatable bonds is 8. The van der Waals surface area contributed by atoms with Gasteiger partial charge in [0.1, 0.15) is 0 Å². The smallest absolute Gasteiger partial charge is 0.0552 e. The molecule has 0 amide bonds. The molecule has 0 aromatic heterocycles. The van der Waals surface area contributed by atoms with Crippen LogP contribution in [0.5, 0.6) is 0 Å². The molecule has 0 radical (unpaired) electrons. The summed E-state index contributed by atoms with van der Waals surface area (Å²) in [7, 11) is 1.75. The van der Waals surface area contributed by atoms with E-state index in [0.717, 1.165) is 24.0 Å². The third-order valence-electron chi connectivity index (χ3n) is 1.81. The summed E-state index contributed by atoms with van der Waals surface area (Å²) in [5.74, 6) is 4.24. The molecule has 0 spiro atoms. The van der Waals surface area contributed by atoms with E-state index in [1.165, 1.54) is 18.6 Å². The van der Waals surface area contributed by atoms with Gasteiger partial charge in [-0.15, -0.1) is 0 Å². The minimum Gasteiger partial charge on any atom is -0.384 e. The molecule has 0 saturated carbocycles. The largest absolute Gasteiger partial charge is 0.384 e. The van der Waals surface area contributed by atoms with Gasteiger partial charge in [0, 0.05) is 12.9 Å². The average molecular weight is 208 g/mol. The molecule has 0 aliphatic carbocycles. The topological polar surface area (TPSA) is 9.23 Å². The fraction of sp³-hybridized carbons (Fsp3) is 1.00. The first-order valence-corrected chi connectivity index (χ1v) is 6.27. The van der Waals surface area contributed by atoms with Gasteiger partial charge in [0.25, 0.3) is 0 Å². The monoisotopic (exact) mass is 208 g/mol. The number of hydrogen-bond donors (Lipinski definition) is 1. The number of ether oxygens (including phenoxy) is 1. The Morgan fingerprint density at radius 3 is 2.67 bits per heavy atom. The summed E-state index contributed by atoms with van der Waals surface area (Å²) in [6, 6.07) is 0. The first-order valence-electron chi connectivity index (χ1n) is 4.48. The average Bonchev–Trinajstić information content (AvgIpc) is 2.05. The van der Waals surface area contributed by atoms with E-state index in [-0.39, 0.29) is 0 Å². The predicted octanol–water partition coefficient (Wildman–Crippen LogP) is 2.71. The maximum atomic E-state index is 4.96. The van der Waals surface area contributed by atoms with Crippen molar-refractivity contribution in [1.29, 1.82) is 0 Å². The number of thioether (sulfide) groups is 1. The molecule has 1 nitrogen and oxygen atoms in total. The van der Waals surface area contributed by atoms with E-state index in [4.69, 9.17) is 4.74 Å². The molecule has 0 fully saturated rings. The van der Waals surface area contributed by atoms with Gasteiger partial charge in [0.2, 0.25) is 0 Å². The molecule has 0 aliphatic rings. The van der Waals surface area contributed by atoms with Crippen LogP contribution in [0.1, 0.15) is 19.8 Å². The molecule has 12 heavy (non-hydrogen) atoms. The molecule has 0 bridgehead atoms. The Labute approximate surface area is 86.1 Å². The number of hydrogen-bond acceptors (Lipinski definition) is 3. The zero-order valence-corrected chi connectivity index (χ0v) is 9.79. The van der Waals surface area contributed by atoms with Crippen molar-refractivity contribution in [3.63, 3.8) is 0 Å². The van der Waals surface area contributed by atoms with Gasteiger partial charge in [-0.1, -0.05) is 6.92 Å². The van der Waals surface area contributed by atoms with E-state index in [9.17, 15) is 0 Å². The van der Waals surface area contributed by atoms with E-state index >= 15 is 0 Å². The van der Waals surface area contributed by atoms with Crippen LogP contribution >= 0.6 is 24.4 Å². The van der Waals surface area contributed by atoms with E-state index < -0.39 is 0 Å². The highest BCUT2D eigenvalue weighted by Crippen LogP contribution is 2.12. The molecule has 0 N–H and O–H groups in total. The lowest BCUT2D eigenvalue weighted by Gasteiger charge is -2.08. The first kappa shape index (κ1) is 12.7. The van der Waals surface area contributed by atoms with E-state index in [0.29, 0.717) is 0 Å². The second kappa shape index (κ2) is 9.75. The molecular weight excluding hydrogens is 188 g/mol. The molecule has 1 unspecified atom stereocenters. The number of thiol groups is 1. The summed E-state index contributed by atoms with van der Waals surface area (Å²) in [6.07, 6.45) is 2.56. The first-order chi connectivity index (χ1) is 5.81. The van der Waals surface area contributed by atoms with Crippen LogP contribution in [-0.2, 0) is 4.74 Å². The molecule has 0 aromatic rings. The molecule has 0 rings (SSSR count). The summed E-state index contributed by atoms with van der Waals surface area (Å²) in [6.45, 7) is 3.18. The Hall–Kier alpha value is 0.660. The molecule has 0 aromatic carbocycles. The van der Waals surface area contributed by atoms with E-state index in [1.54, 1.807) is 7.11 Å². The van der Waals surface area contributed by atoms with Gasteiger partial charge in [0.05, 0.1) is 6.61 Å². The lowest BCUT2D eigenvalue weighted by atomic mass is 10.1. The van der Waals surface area contributed by atoms with Crippen molar-refractivity contribution in [3.8, 4) is 0 Å². The van der Waals surface area contributed by atoms with Crippen molar-refractivity contribution in [2.24, 2.45) is 5.92 Å². The second-order valence-electron chi connectivity index (χ2n) is 3.01. The summed E-state index contributed by atoms with van der Waals surface area (Å²) in [5, 5.41) is 0. The van der Waals surface area contributed by atoms with Crippen LogP contribution < -0.4 is 0 Å². The maximum absolute atomic E-state index is 4.96. The fourth-order valence-electron chi connectivity index (χ4n) is 0.894. The van der Waals surface area contributed by atoms with Gasteiger partial charge in [-0.25, -0.2) is 0 Å². The van der Waals surface area contributed by atoms with Gasteiger partial charge < -0.3 is 4.74 Å².